The maximum Gasteiger partial charge on any atom is 0.220 e. The van der Waals surface area contributed by atoms with Crippen LogP contribution in [0.4, 0.5) is 0 Å². The van der Waals surface area contributed by atoms with Crippen LogP contribution >= 0.6 is 11.3 Å². The van der Waals surface area contributed by atoms with Crippen molar-refractivity contribution in [1.29, 1.82) is 0 Å². The number of hydrogen-bond acceptors (Lipinski definition) is 4. The van der Waals surface area contributed by atoms with Crippen molar-refractivity contribution < 1.29 is 4.42 Å². The average Bonchev–Trinajstić information content (AvgIpc) is 3.09. The molecule has 0 fully saturated rings. The lowest BCUT2D eigenvalue weighted by Gasteiger charge is -1.91. The molecule has 0 amide bonds. The molecular weight excluding hydrogens is 282 g/mol. The van der Waals surface area contributed by atoms with Gasteiger partial charge in [0.05, 0.1) is 11.4 Å². The van der Waals surface area contributed by atoms with E-state index in [0.29, 0.717) is 5.89 Å². The number of oxazole rings is 1. The van der Waals surface area contributed by atoms with Crippen molar-refractivity contribution in [2.24, 2.45) is 0 Å². The summed E-state index contributed by atoms with van der Waals surface area (Å²) in [7, 11) is 0. The molecule has 21 heavy (non-hydrogen) atoms. The summed E-state index contributed by atoms with van der Waals surface area (Å²) in [6.45, 7) is 4.10. The number of rotatable bonds is 2. The molecule has 0 aliphatic carbocycles. The molecule has 0 N–H and O–H groups in total. The number of imidazole rings is 1. The molecular formula is C16H13N3OS. The summed E-state index contributed by atoms with van der Waals surface area (Å²) in [5.41, 5.74) is 3.75. The summed E-state index contributed by atoms with van der Waals surface area (Å²) >= 11 is 1.69. The van der Waals surface area contributed by atoms with Crippen molar-refractivity contribution in [3.63, 3.8) is 0 Å². The summed E-state index contributed by atoms with van der Waals surface area (Å²) in [6, 6.07) is 7.77. The van der Waals surface area contributed by atoms with Crippen LogP contribution in [0.15, 0.2) is 34.9 Å². The first-order chi connectivity index (χ1) is 10.2. The van der Waals surface area contributed by atoms with Crippen LogP contribution in [0, 0.1) is 13.8 Å². The third kappa shape index (κ3) is 2.06. The van der Waals surface area contributed by atoms with E-state index in [9.17, 15) is 0 Å². The van der Waals surface area contributed by atoms with Crippen LogP contribution in [-0.2, 0) is 0 Å². The minimum absolute atomic E-state index is 0.609. The van der Waals surface area contributed by atoms with Crippen molar-refractivity contribution in [3.05, 3.63) is 52.6 Å². The molecule has 0 atom stereocenters. The molecule has 4 aromatic rings. The van der Waals surface area contributed by atoms with Gasteiger partial charge in [-0.15, -0.1) is 11.3 Å². The van der Waals surface area contributed by atoms with Crippen LogP contribution in [0.1, 0.15) is 22.2 Å². The Bertz CT molecular complexity index is 941. The van der Waals surface area contributed by atoms with Gasteiger partial charge in [-0.05, 0) is 32.1 Å². The highest BCUT2D eigenvalue weighted by molar-refractivity contribution is 7.17. The SMILES string of the molecule is Cc1cn2c(/C=C/c3nc4ccccc4o3)c(C)nc2s1. The van der Waals surface area contributed by atoms with Gasteiger partial charge in [0, 0.05) is 17.2 Å². The van der Waals surface area contributed by atoms with Crippen molar-refractivity contribution in [1.82, 2.24) is 14.4 Å². The Hall–Kier alpha value is -2.40. The van der Waals surface area contributed by atoms with Crippen molar-refractivity contribution in [2.75, 3.05) is 0 Å². The fourth-order valence-electron chi connectivity index (χ4n) is 2.39. The lowest BCUT2D eigenvalue weighted by molar-refractivity contribution is 0.589. The molecule has 104 valence electrons. The second-order valence-electron chi connectivity index (χ2n) is 4.93. The minimum atomic E-state index is 0.609. The summed E-state index contributed by atoms with van der Waals surface area (Å²) in [5, 5.41) is 0. The van der Waals surface area contributed by atoms with Gasteiger partial charge in [0.15, 0.2) is 10.5 Å². The fraction of sp³-hybridized carbons (Fsp3) is 0.125. The highest BCUT2D eigenvalue weighted by Gasteiger charge is 2.09. The van der Waals surface area contributed by atoms with Crippen LogP contribution in [0.5, 0.6) is 0 Å². The zero-order valence-corrected chi connectivity index (χ0v) is 12.5. The van der Waals surface area contributed by atoms with Crippen molar-refractivity contribution in [2.45, 2.75) is 13.8 Å². The largest absolute Gasteiger partial charge is 0.437 e. The number of nitrogens with zero attached hydrogens (tertiary/aromatic N) is 3. The first kappa shape index (κ1) is 12.3. The van der Waals surface area contributed by atoms with Crippen LogP contribution < -0.4 is 0 Å². The number of thiazole rings is 1. The van der Waals surface area contributed by atoms with Gasteiger partial charge >= 0.3 is 0 Å². The molecule has 4 rings (SSSR count). The van der Waals surface area contributed by atoms with E-state index in [4.69, 9.17) is 4.42 Å². The Labute approximate surface area is 125 Å². The number of aromatic nitrogens is 3. The zero-order chi connectivity index (χ0) is 14.4. The minimum Gasteiger partial charge on any atom is -0.437 e. The topological polar surface area (TPSA) is 43.3 Å². The molecule has 0 aliphatic rings. The quantitative estimate of drug-likeness (QED) is 0.553. The Morgan fingerprint density at radius 2 is 2.00 bits per heavy atom. The van der Waals surface area contributed by atoms with E-state index >= 15 is 0 Å². The van der Waals surface area contributed by atoms with Gasteiger partial charge in [-0.2, -0.15) is 0 Å². The van der Waals surface area contributed by atoms with E-state index in [1.165, 1.54) is 4.88 Å². The highest BCUT2D eigenvalue weighted by Crippen LogP contribution is 2.23. The van der Waals surface area contributed by atoms with E-state index in [-0.39, 0.29) is 0 Å². The molecule has 0 bridgehead atoms. The normalized spacial score (nSPS) is 12.1. The Kier molecular flexibility index (Phi) is 2.68. The van der Waals surface area contributed by atoms with Gasteiger partial charge in [-0.3, -0.25) is 4.40 Å². The van der Waals surface area contributed by atoms with Crippen LogP contribution in [0.3, 0.4) is 0 Å². The van der Waals surface area contributed by atoms with Crippen LogP contribution in [0.25, 0.3) is 28.2 Å². The second-order valence-corrected chi connectivity index (χ2v) is 6.14. The van der Waals surface area contributed by atoms with Crippen LogP contribution in [-0.4, -0.2) is 14.4 Å². The number of fused-ring (bicyclic) bond motifs is 2. The maximum atomic E-state index is 5.70. The van der Waals surface area contributed by atoms with Gasteiger partial charge in [0.1, 0.15) is 5.52 Å². The third-order valence-electron chi connectivity index (χ3n) is 3.36. The predicted molar refractivity (Wildman–Crippen MR) is 85.5 cm³/mol. The van der Waals surface area contributed by atoms with Crippen molar-refractivity contribution >= 4 is 39.5 Å². The first-order valence-electron chi connectivity index (χ1n) is 6.69. The molecule has 1 aromatic carbocycles. The number of para-hydroxylation sites is 2. The van der Waals surface area contributed by atoms with E-state index in [1.807, 2.05) is 43.3 Å². The van der Waals surface area contributed by atoms with Gasteiger partial charge < -0.3 is 4.42 Å². The average molecular weight is 295 g/mol. The number of aryl methyl sites for hydroxylation is 2. The van der Waals surface area contributed by atoms with Gasteiger partial charge in [-0.1, -0.05) is 12.1 Å². The highest BCUT2D eigenvalue weighted by atomic mass is 32.1. The Morgan fingerprint density at radius 3 is 2.86 bits per heavy atom. The van der Waals surface area contributed by atoms with E-state index in [2.05, 4.69) is 27.5 Å². The number of benzene rings is 1. The molecule has 3 heterocycles. The molecule has 4 nitrogen and oxygen atoms in total. The van der Waals surface area contributed by atoms with Gasteiger partial charge in [0.2, 0.25) is 5.89 Å². The van der Waals surface area contributed by atoms with Gasteiger partial charge in [-0.25, -0.2) is 9.97 Å². The second kappa shape index (κ2) is 4.56. The third-order valence-corrected chi connectivity index (χ3v) is 4.25. The smallest absolute Gasteiger partial charge is 0.220 e. The molecule has 0 unspecified atom stereocenters. The Morgan fingerprint density at radius 1 is 1.14 bits per heavy atom. The van der Waals surface area contributed by atoms with Gasteiger partial charge in [0.25, 0.3) is 0 Å². The summed E-state index contributed by atoms with van der Waals surface area (Å²) in [6.07, 6.45) is 6.00. The molecule has 0 saturated carbocycles. The summed E-state index contributed by atoms with van der Waals surface area (Å²) < 4.78 is 7.80. The molecule has 0 aliphatic heterocycles. The molecule has 0 radical (unpaired) electrons. The maximum absolute atomic E-state index is 5.70. The van der Waals surface area contributed by atoms with E-state index in [0.717, 1.165) is 27.4 Å². The molecule has 0 saturated heterocycles. The first-order valence-corrected chi connectivity index (χ1v) is 7.51. The molecule has 5 heteroatoms. The standard InChI is InChI=1S/C16H13N3OS/c1-10-9-19-13(11(2)17-16(19)21-10)7-8-15-18-12-5-3-4-6-14(12)20-15/h3-9H,1-2H3/b8-7+. The lowest BCUT2D eigenvalue weighted by atomic mass is 10.3. The molecule has 0 spiro atoms. The lowest BCUT2D eigenvalue weighted by Crippen LogP contribution is -1.83. The monoisotopic (exact) mass is 295 g/mol. The predicted octanol–water partition coefficient (Wildman–Crippen LogP) is 4.32. The number of hydrogen-bond donors (Lipinski definition) is 0. The van der Waals surface area contributed by atoms with E-state index < -0.39 is 0 Å². The molecule has 3 aromatic heterocycles. The van der Waals surface area contributed by atoms with E-state index in [1.54, 1.807) is 11.3 Å². The summed E-state index contributed by atoms with van der Waals surface area (Å²) in [4.78, 5) is 11.3. The summed E-state index contributed by atoms with van der Waals surface area (Å²) in [5.74, 6) is 0.609. The fourth-order valence-corrected chi connectivity index (χ4v) is 3.27. The van der Waals surface area contributed by atoms with Crippen LogP contribution in [0.2, 0.25) is 0 Å². The zero-order valence-electron chi connectivity index (χ0n) is 11.7. The van der Waals surface area contributed by atoms with Crippen molar-refractivity contribution in [3.8, 4) is 0 Å². The Balaban J connectivity index is 1.77.